The molecule has 0 aromatic carbocycles. The van der Waals surface area contributed by atoms with Crippen LogP contribution in [0.15, 0.2) is 6.07 Å². The zero-order valence-electron chi connectivity index (χ0n) is 13.7. The molecule has 2 rings (SSSR count). The summed E-state index contributed by atoms with van der Waals surface area (Å²) in [5.74, 6) is 0.688. The van der Waals surface area contributed by atoms with Crippen LogP contribution in [0.1, 0.15) is 45.0 Å². The van der Waals surface area contributed by atoms with E-state index in [9.17, 15) is 0 Å². The molecule has 1 aromatic rings. The zero-order chi connectivity index (χ0) is 14.7. The van der Waals surface area contributed by atoms with Crippen molar-refractivity contribution in [2.24, 2.45) is 13.0 Å². The Kier molecular flexibility index (Phi) is 5.22. The highest BCUT2D eigenvalue weighted by Crippen LogP contribution is 2.19. The van der Waals surface area contributed by atoms with Gasteiger partial charge < -0.3 is 5.32 Å². The maximum absolute atomic E-state index is 4.48. The minimum atomic E-state index is 0.609. The summed E-state index contributed by atoms with van der Waals surface area (Å²) < 4.78 is 2.03. The molecule has 2 unspecified atom stereocenters. The summed E-state index contributed by atoms with van der Waals surface area (Å²) >= 11 is 0. The summed E-state index contributed by atoms with van der Waals surface area (Å²) in [7, 11) is 2.05. The Bertz CT molecular complexity index is 424. The van der Waals surface area contributed by atoms with Gasteiger partial charge in [-0.3, -0.25) is 9.58 Å². The topological polar surface area (TPSA) is 33.1 Å². The molecule has 0 amide bonds. The molecule has 1 N–H and O–H groups in total. The summed E-state index contributed by atoms with van der Waals surface area (Å²) in [5, 5.41) is 8.20. The maximum atomic E-state index is 4.48. The van der Waals surface area contributed by atoms with Crippen molar-refractivity contribution < 1.29 is 0 Å². The van der Waals surface area contributed by atoms with Gasteiger partial charge in [0.15, 0.2) is 0 Å². The molecule has 1 fully saturated rings. The minimum absolute atomic E-state index is 0.609. The van der Waals surface area contributed by atoms with Gasteiger partial charge in [0, 0.05) is 38.8 Å². The van der Waals surface area contributed by atoms with Crippen LogP contribution < -0.4 is 5.32 Å². The van der Waals surface area contributed by atoms with Gasteiger partial charge in [-0.15, -0.1) is 0 Å². The van der Waals surface area contributed by atoms with Gasteiger partial charge in [0.1, 0.15) is 0 Å². The molecule has 1 aliphatic rings. The Hall–Kier alpha value is -0.870. The van der Waals surface area contributed by atoms with E-state index in [1.807, 2.05) is 4.68 Å². The molecule has 1 aliphatic heterocycles. The first-order chi connectivity index (χ1) is 9.51. The SMILES string of the molecule is CCCC1CNC(C(C)C)CN1Cc1cc(C)nn1C. The third-order valence-corrected chi connectivity index (χ3v) is 4.45. The number of hydrogen-bond donors (Lipinski definition) is 1. The van der Waals surface area contributed by atoms with Gasteiger partial charge in [-0.05, 0) is 25.3 Å². The standard InChI is InChI=1S/C16H30N4/c1-6-7-14-9-17-16(12(2)3)11-20(14)10-15-8-13(4)18-19(15)5/h8,12,14,16-17H,6-7,9-11H2,1-5H3. The van der Waals surface area contributed by atoms with Crippen LogP contribution in [0.25, 0.3) is 0 Å². The third-order valence-electron chi connectivity index (χ3n) is 4.45. The monoisotopic (exact) mass is 278 g/mol. The van der Waals surface area contributed by atoms with Crippen LogP contribution >= 0.6 is 0 Å². The van der Waals surface area contributed by atoms with E-state index in [2.05, 4.69) is 56.1 Å². The summed E-state index contributed by atoms with van der Waals surface area (Å²) in [6.07, 6.45) is 2.52. The van der Waals surface area contributed by atoms with Gasteiger partial charge >= 0.3 is 0 Å². The van der Waals surface area contributed by atoms with Crippen LogP contribution in [-0.4, -0.2) is 39.9 Å². The number of rotatable bonds is 5. The smallest absolute Gasteiger partial charge is 0.0597 e. The molecule has 1 saturated heterocycles. The summed E-state index contributed by atoms with van der Waals surface area (Å²) in [5.41, 5.74) is 2.44. The summed E-state index contributed by atoms with van der Waals surface area (Å²) in [4.78, 5) is 2.65. The van der Waals surface area contributed by atoms with E-state index in [0.29, 0.717) is 18.0 Å². The first-order valence-electron chi connectivity index (χ1n) is 7.98. The van der Waals surface area contributed by atoms with Gasteiger partial charge in [0.2, 0.25) is 0 Å². The molecule has 0 saturated carbocycles. The molecule has 114 valence electrons. The first-order valence-corrected chi connectivity index (χ1v) is 7.98. The van der Waals surface area contributed by atoms with E-state index in [1.165, 1.54) is 18.5 Å². The fraction of sp³-hybridized carbons (Fsp3) is 0.812. The molecule has 0 radical (unpaired) electrons. The number of nitrogens with one attached hydrogen (secondary N) is 1. The van der Waals surface area contributed by atoms with E-state index in [4.69, 9.17) is 0 Å². The lowest BCUT2D eigenvalue weighted by atomic mass is 9.97. The van der Waals surface area contributed by atoms with Crippen LogP contribution in [0, 0.1) is 12.8 Å². The number of piperazine rings is 1. The average molecular weight is 278 g/mol. The highest BCUT2D eigenvalue weighted by Gasteiger charge is 2.29. The predicted molar refractivity (Wildman–Crippen MR) is 83.7 cm³/mol. The Labute approximate surface area is 123 Å². The second-order valence-electron chi connectivity index (χ2n) is 6.53. The predicted octanol–water partition coefficient (Wildman–Crippen LogP) is 2.33. The minimum Gasteiger partial charge on any atom is -0.311 e. The van der Waals surface area contributed by atoms with E-state index >= 15 is 0 Å². The quantitative estimate of drug-likeness (QED) is 0.897. The molecule has 2 atom stereocenters. The van der Waals surface area contributed by atoms with Crippen molar-refractivity contribution in [3.05, 3.63) is 17.5 Å². The van der Waals surface area contributed by atoms with Crippen LogP contribution in [0.2, 0.25) is 0 Å². The number of nitrogens with zero attached hydrogens (tertiary/aromatic N) is 3. The normalized spacial score (nSPS) is 24.5. The molecule has 20 heavy (non-hydrogen) atoms. The van der Waals surface area contributed by atoms with Crippen LogP contribution in [0.5, 0.6) is 0 Å². The zero-order valence-corrected chi connectivity index (χ0v) is 13.7. The first kappa shape index (κ1) is 15.5. The second kappa shape index (κ2) is 6.72. The number of hydrogen-bond acceptors (Lipinski definition) is 3. The van der Waals surface area contributed by atoms with E-state index in [-0.39, 0.29) is 0 Å². The van der Waals surface area contributed by atoms with Gasteiger partial charge in [-0.1, -0.05) is 27.2 Å². The highest BCUT2D eigenvalue weighted by atomic mass is 15.3. The number of aryl methyl sites for hydroxylation is 2. The Morgan fingerprint density at radius 3 is 2.75 bits per heavy atom. The fourth-order valence-electron chi connectivity index (χ4n) is 3.16. The van der Waals surface area contributed by atoms with E-state index in [1.54, 1.807) is 0 Å². The third kappa shape index (κ3) is 3.61. The Morgan fingerprint density at radius 1 is 1.45 bits per heavy atom. The van der Waals surface area contributed by atoms with Crippen molar-refractivity contribution in [2.45, 2.75) is 59.2 Å². The van der Waals surface area contributed by atoms with Crippen molar-refractivity contribution in [1.29, 1.82) is 0 Å². The van der Waals surface area contributed by atoms with Gasteiger partial charge in [0.05, 0.1) is 11.4 Å². The van der Waals surface area contributed by atoms with Crippen molar-refractivity contribution >= 4 is 0 Å². The molecule has 0 spiro atoms. The lowest BCUT2D eigenvalue weighted by Gasteiger charge is -2.42. The van der Waals surface area contributed by atoms with Crippen molar-refractivity contribution in [3.63, 3.8) is 0 Å². The fourth-order valence-corrected chi connectivity index (χ4v) is 3.16. The highest BCUT2D eigenvalue weighted by molar-refractivity contribution is 5.09. The van der Waals surface area contributed by atoms with Crippen LogP contribution in [0.3, 0.4) is 0 Å². The maximum Gasteiger partial charge on any atom is 0.0597 e. The largest absolute Gasteiger partial charge is 0.311 e. The van der Waals surface area contributed by atoms with E-state index in [0.717, 1.165) is 25.3 Å². The molecule has 4 heteroatoms. The lowest BCUT2D eigenvalue weighted by molar-refractivity contribution is 0.0972. The second-order valence-corrected chi connectivity index (χ2v) is 6.53. The lowest BCUT2D eigenvalue weighted by Crippen LogP contribution is -2.57. The van der Waals surface area contributed by atoms with Crippen LogP contribution in [0.4, 0.5) is 0 Å². The Balaban J connectivity index is 2.08. The van der Waals surface area contributed by atoms with E-state index < -0.39 is 0 Å². The molecular formula is C16H30N4. The van der Waals surface area contributed by atoms with Crippen molar-refractivity contribution in [2.75, 3.05) is 13.1 Å². The molecular weight excluding hydrogens is 248 g/mol. The van der Waals surface area contributed by atoms with Crippen LogP contribution in [-0.2, 0) is 13.6 Å². The molecule has 4 nitrogen and oxygen atoms in total. The molecule has 0 bridgehead atoms. The van der Waals surface area contributed by atoms with Gasteiger partial charge in [-0.25, -0.2) is 0 Å². The summed E-state index contributed by atoms with van der Waals surface area (Å²) in [6.45, 7) is 12.3. The number of aromatic nitrogens is 2. The van der Waals surface area contributed by atoms with Gasteiger partial charge in [0.25, 0.3) is 0 Å². The van der Waals surface area contributed by atoms with Gasteiger partial charge in [-0.2, -0.15) is 5.10 Å². The van der Waals surface area contributed by atoms with Crippen molar-refractivity contribution in [1.82, 2.24) is 20.0 Å². The molecule has 0 aliphatic carbocycles. The Morgan fingerprint density at radius 2 is 2.20 bits per heavy atom. The molecule has 2 heterocycles. The molecule has 1 aromatic heterocycles. The average Bonchev–Trinajstić information content (AvgIpc) is 2.70. The summed E-state index contributed by atoms with van der Waals surface area (Å²) in [6, 6.07) is 3.48. The van der Waals surface area contributed by atoms with Crippen molar-refractivity contribution in [3.8, 4) is 0 Å².